The number of aromatic carboxylic acids is 1. The Balaban J connectivity index is 2.61. The predicted octanol–water partition coefficient (Wildman–Crippen LogP) is 3.78. The van der Waals surface area contributed by atoms with E-state index in [0.29, 0.717) is 5.56 Å². The van der Waals surface area contributed by atoms with Gasteiger partial charge in [-0.05, 0) is 37.5 Å². The molecule has 1 aromatic heterocycles. The lowest BCUT2D eigenvalue weighted by Crippen LogP contribution is -2.11. The van der Waals surface area contributed by atoms with Crippen molar-refractivity contribution in [2.75, 3.05) is 0 Å². The molecule has 0 aliphatic rings. The highest BCUT2D eigenvalue weighted by atomic mass is 16.4. The van der Waals surface area contributed by atoms with Gasteiger partial charge in [0.2, 0.25) is 0 Å². The van der Waals surface area contributed by atoms with Gasteiger partial charge in [-0.15, -0.1) is 0 Å². The third-order valence-electron chi connectivity index (χ3n) is 3.66. The predicted molar refractivity (Wildman–Crippen MR) is 78.6 cm³/mol. The topological polar surface area (TPSA) is 55.1 Å². The van der Waals surface area contributed by atoms with Crippen LogP contribution in [0.2, 0.25) is 0 Å². The van der Waals surface area contributed by atoms with Gasteiger partial charge in [0.15, 0.2) is 0 Å². The number of aryl methyl sites for hydroxylation is 1. The van der Waals surface area contributed by atoms with Gasteiger partial charge in [0.05, 0.1) is 17.6 Å². The Morgan fingerprint density at radius 2 is 2.05 bits per heavy atom. The third-order valence-corrected chi connectivity index (χ3v) is 3.66. The van der Waals surface area contributed by atoms with E-state index in [1.165, 1.54) is 6.20 Å². The molecular weight excluding hydrogens is 252 g/mol. The van der Waals surface area contributed by atoms with E-state index in [9.17, 15) is 9.90 Å². The summed E-state index contributed by atoms with van der Waals surface area (Å²) in [4.78, 5) is 11.4. The van der Waals surface area contributed by atoms with Crippen LogP contribution in [0, 0.1) is 6.92 Å². The monoisotopic (exact) mass is 272 g/mol. The molecular formula is C16H20N2O2. The normalized spacial score (nSPS) is 11.0. The number of nitrogens with zero attached hydrogens (tertiary/aromatic N) is 2. The lowest BCUT2D eigenvalue weighted by Gasteiger charge is -2.16. The molecule has 2 aromatic rings. The summed E-state index contributed by atoms with van der Waals surface area (Å²) in [6.45, 7) is 6.17. The minimum Gasteiger partial charge on any atom is -0.478 e. The molecule has 4 nitrogen and oxygen atoms in total. The Bertz CT molecular complexity index is 613. The zero-order valence-corrected chi connectivity index (χ0v) is 12.1. The van der Waals surface area contributed by atoms with Crippen LogP contribution >= 0.6 is 0 Å². The van der Waals surface area contributed by atoms with Crippen molar-refractivity contribution in [1.29, 1.82) is 0 Å². The van der Waals surface area contributed by atoms with E-state index in [4.69, 9.17) is 0 Å². The second-order valence-corrected chi connectivity index (χ2v) is 5.01. The van der Waals surface area contributed by atoms with Gasteiger partial charge in [-0.3, -0.25) is 0 Å². The van der Waals surface area contributed by atoms with Gasteiger partial charge in [0.25, 0.3) is 0 Å². The van der Waals surface area contributed by atoms with Crippen LogP contribution in [0.3, 0.4) is 0 Å². The first kappa shape index (κ1) is 14.3. The summed E-state index contributed by atoms with van der Waals surface area (Å²) < 4.78 is 1.77. The molecule has 0 bridgehead atoms. The third kappa shape index (κ3) is 2.59. The van der Waals surface area contributed by atoms with Gasteiger partial charge >= 0.3 is 5.97 Å². The van der Waals surface area contributed by atoms with Gasteiger partial charge < -0.3 is 5.11 Å². The molecule has 0 aliphatic heterocycles. The number of carbonyl (C=O) groups is 1. The van der Waals surface area contributed by atoms with E-state index in [-0.39, 0.29) is 5.92 Å². The van der Waals surface area contributed by atoms with E-state index in [0.717, 1.165) is 29.8 Å². The van der Waals surface area contributed by atoms with Crippen molar-refractivity contribution in [3.63, 3.8) is 0 Å². The highest BCUT2D eigenvalue weighted by Gasteiger charge is 2.23. The number of hydrogen-bond donors (Lipinski definition) is 1. The van der Waals surface area contributed by atoms with Crippen LogP contribution in [0.1, 0.15) is 54.2 Å². The molecule has 0 amide bonds. The van der Waals surface area contributed by atoms with Crippen LogP contribution in [-0.2, 0) is 0 Å². The van der Waals surface area contributed by atoms with Gasteiger partial charge in [0, 0.05) is 5.92 Å². The first-order chi connectivity index (χ1) is 9.58. The fourth-order valence-electron chi connectivity index (χ4n) is 2.56. The minimum atomic E-state index is -0.911. The molecule has 0 saturated heterocycles. The molecule has 0 radical (unpaired) electrons. The number of aromatic nitrogens is 2. The molecule has 0 spiro atoms. The van der Waals surface area contributed by atoms with E-state index >= 15 is 0 Å². The van der Waals surface area contributed by atoms with Crippen molar-refractivity contribution in [3.05, 3.63) is 47.3 Å². The zero-order chi connectivity index (χ0) is 14.7. The Labute approximate surface area is 119 Å². The largest absolute Gasteiger partial charge is 0.478 e. The zero-order valence-electron chi connectivity index (χ0n) is 12.1. The molecule has 2 rings (SSSR count). The molecule has 20 heavy (non-hydrogen) atoms. The summed E-state index contributed by atoms with van der Waals surface area (Å²) in [5.41, 5.74) is 3.15. The van der Waals surface area contributed by atoms with E-state index in [2.05, 4.69) is 18.9 Å². The van der Waals surface area contributed by atoms with E-state index in [1.807, 2.05) is 31.2 Å². The molecule has 1 N–H and O–H groups in total. The average molecular weight is 272 g/mol. The van der Waals surface area contributed by atoms with Crippen molar-refractivity contribution in [1.82, 2.24) is 9.78 Å². The highest BCUT2D eigenvalue weighted by molar-refractivity contribution is 5.89. The molecule has 0 unspecified atom stereocenters. The standard InChI is InChI=1S/C16H20N2O2/c1-4-12(5-2)15-14(16(19)20)10-17-18(15)13-8-6-7-11(3)9-13/h6-10,12H,4-5H2,1-3H3,(H,19,20). The van der Waals surface area contributed by atoms with Crippen molar-refractivity contribution in [3.8, 4) is 5.69 Å². The summed E-state index contributed by atoms with van der Waals surface area (Å²) in [6, 6.07) is 7.95. The smallest absolute Gasteiger partial charge is 0.339 e. The summed E-state index contributed by atoms with van der Waals surface area (Å²) in [5.74, 6) is -0.713. The number of hydrogen-bond acceptors (Lipinski definition) is 2. The van der Waals surface area contributed by atoms with E-state index in [1.54, 1.807) is 4.68 Å². The number of carboxylic acids is 1. The van der Waals surface area contributed by atoms with Gasteiger partial charge in [-0.25, -0.2) is 9.48 Å². The maximum absolute atomic E-state index is 11.4. The number of rotatable bonds is 5. The van der Waals surface area contributed by atoms with Gasteiger partial charge in [0.1, 0.15) is 5.56 Å². The SMILES string of the molecule is CCC(CC)c1c(C(=O)O)cnn1-c1cccc(C)c1. The lowest BCUT2D eigenvalue weighted by atomic mass is 9.96. The fraction of sp³-hybridized carbons (Fsp3) is 0.375. The number of benzene rings is 1. The van der Waals surface area contributed by atoms with Crippen molar-refractivity contribution in [2.24, 2.45) is 0 Å². The summed E-state index contributed by atoms with van der Waals surface area (Å²) in [5, 5.41) is 13.7. The molecule has 106 valence electrons. The minimum absolute atomic E-state index is 0.198. The van der Waals surface area contributed by atoms with Crippen molar-refractivity contribution < 1.29 is 9.90 Å². The Kier molecular flexibility index (Phi) is 4.23. The molecule has 0 aliphatic carbocycles. The molecule has 0 fully saturated rings. The van der Waals surface area contributed by atoms with Crippen molar-refractivity contribution >= 4 is 5.97 Å². The van der Waals surface area contributed by atoms with Crippen LogP contribution in [0.15, 0.2) is 30.5 Å². The maximum atomic E-state index is 11.4. The van der Waals surface area contributed by atoms with Crippen molar-refractivity contribution in [2.45, 2.75) is 39.5 Å². The first-order valence-electron chi connectivity index (χ1n) is 6.96. The van der Waals surface area contributed by atoms with Crippen LogP contribution < -0.4 is 0 Å². The quantitative estimate of drug-likeness (QED) is 0.901. The highest BCUT2D eigenvalue weighted by Crippen LogP contribution is 2.28. The summed E-state index contributed by atoms with van der Waals surface area (Å²) in [7, 11) is 0. The second kappa shape index (κ2) is 5.90. The van der Waals surface area contributed by atoms with Gasteiger partial charge in [-0.1, -0.05) is 26.0 Å². The van der Waals surface area contributed by atoms with Gasteiger partial charge in [-0.2, -0.15) is 5.10 Å². The molecule has 4 heteroatoms. The first-order valence-corrected chi connectivity index (χ1v) is 6.96. The Morgan fingerprint density at radius 1 is 1.35 bits per heavy atom. The Morgan fingerprint density at radius 3 is 2.60 bits per heavy atom. The number of carboxylic acid groups (broad SMARTS) is 1. The molecule has 0 atom stereocenters. The lowest BCUT2D eigenvalue weighted by molar-refractivity contribution is 0.0695. The summed E-state index contributed by atoms with van der Waals surface area (Å²) >= 11 is 0. The van der Waals surface area contributed by atoms with Crippen LogP contribution in [0.25, 0.3) is 5.69 Å². The molecule has 0 saturated carbocycles. The molecule has 1 heterocycles. The average Bonchev–Trinajstić information content (AvgIpc) is 2.85. The van der Waals surface area contributed by atoms with E-state index < -0.39 is 5.97 Å². The van der Waals surface area contributed by atoms with Crippen LogP contribution in [0.4, 0.5) is 0 Å². The molecule has 1 aromatic carbocycles. The fourth-order valence-corrected chi connectivity index (χ4v) is 2.56. The maximum Gasteiger partial charge on any atom is 0.339 e. The second-order valence-electron chi connectivity index (χ2n) is 5.01. The Hall–Kier alpha value is -2.10. The van der Waals surface area contributed by atoms with Crippen LogP contribution in [0.5, 0.6) is 0 Å². The van der Waals surface area contributed by atoms with Crippen LogP contribution in [-0.4, -0.2) is 20.9 Å². The summed E-state index contributed by atoms with van der Waals surface area (Å²) in [6.07, 6.45) is 3.25.